The van der Waals surface area contributed by atoms with Crippen LogP contribution in [0.5, 0.6) is 0 Å². The topological polar surface area (TPSA) is 81.2 Å². The first-order chi connectivity index (χ1) is 7.50. The summed E-state index contributed by atoms with van der Waals surface area (Å²) in [5.41, 5.74) is 5.42. The maximum atomic E-state index is 11.9. The summed E-state index contributed by atoms with van der Waals surface area (Å²) >= 11 is 4.90. The Morgan fingerprint density at radius 1 is 1.75 bits per heavy atom. The predicted octanol–water partition coefficient (Wildman–Crippen LogP) is 0.993. The molecule has 0 aliphatic rings. The molecule has 1 aromatic heterocycles. The number of nitrogens with one attached hydrogen (secondary N) is 1. The summed E-state index contributed by atoms with van der Waals surface area (Å²) in [6, 6.07) is 1.68. The molecule has 0 bridgehead atoms. The molecule has 88 valence electrons. The lowest BCUT2D eigenvalue weighted by molar-refractivity contribution is -0.127. The molecule has 1 rings (SSSR count). The number of carbonyl (C=O) groups excluding carboxylic acids is 1. The number of thiocarbonyl (C=S) groups is 1. The molecule has 0 saturated heterocycles. The van der Waals surface area contributed by atoms with Crippen LogP contribution in [0.15, 0.2) is 16.9 Å². The van der Waals surface area contributed by atoms with Gasteiger partial charge in [-0.1, -0.05) is 24.3 Å². The standard InChI is InChI=1S/C10H15N3O2S/c1-3-10(2,8(11)16)9(14)12-6-7-4-5-15-13-7/h4-5H,3,6H2,1-2H3,(H2,11,16)(H,12,14). The number of nitrogens with zero attached hydrogens (tertiary/aromatic N) is 1. The van der Waals surface area contributed by atoms with Crippen LogP contribution in [0.1, 0.15) is 26.0 Å². The van der Waals surface area contributed by atoms with Crippen LogP contribution in [0.3, 0.4) is 0 Å². The molecule has 0 aliphatic heterocycles. The van der Waals surface area contributed by atoms with Gasteiger partial charge in [0.1, 0.15) is 12.0 Å². The van der Waals surface area contributed by atoms with Crippen molar-refractivity contribution in [3.8, 4) is 0 Å². The van der Waals surface area contributed by atoms with Crippen molar-refractivity contribution in [3.63, 3.8) is 0 Å². The summed E-state index contributed by atoms with van der Waals surface area (Å²) < 4.78 is 4.65. The van der Waals surface area contributed by atoms with Gasteiger partial charge < -0.3 is 15.6 Å². The van der Waals surface area contributed by atoms with Crippen LogP contribution in [-0.2, 0) is 11.3 Å². The van der Waals surface area contributed by atoms with Crippen LogP contribution < -0.4 is 11.1 Å². The van der Waals surface area contributed by atoms with Crippen LogP contribution >= 0.6 is 12.2 Å². The van der Waals surface area contributed by atoms with Crippen molar-refractivity contribution in [2.24, 2.45) is 11.1 Å². The molecule has 1 amide bonds. The lowest BCUT2D eigenvalue weighted by Gasteiger charge is -2.25. The van der Waals surface area contributed by atoms with E-state index in [2.05, 4.69) is 15.0 Å². The first-order valence-corrected chi connectivity index (χ1v) is 5.39. The summed E-state index contributed by atoms with van der Waals surface area (Å²) in [5, 5.41) is 6.42. The van der Waals surface area contributed by atoms with Gasteiger partial charge in [-0.05, 0) is 13.3 Å². The van der Waals surface area contributed by atoms with Crippen LogP contribution in [-0.4, -0.2) is 16.1 Å². The summed E-state index contributed by atoms with van der Waals surface area (Å²) in [6.07, 6.45) is 2.01. The largest absolute Gasteiger partial charge is 0.392 e. The minimum atomic E-state index is -0.806. The zero-order valence-electron chi connectivity index (χ0n) is 9.32. The molecule has 0 aliphatic carbocycles. The Kier molecular flexibility index (Phi) is 4.00. The molecule has 1 unspecified atom stereocenters. The molecule has 0 spiro atoms. The average molecular weight is 241 g/mol. The predicted molar refractivity (Wildman–Crippen MR) is 63.5 cm³/mol. The summed E-state index contributed by atoms with van der Waals surface area (Å²) in [6.45, 7) is 3.91. The first-order valence-electron chi connectivity index (χ1n) is 4.98. The Morgan fingerprint density at radius 3 is 2.88 bits per heavy atom. The van der Waals surface area contributed by atoms with Gasteiger partial charge in [-0.2, -0.15) is 0 Å². The molecule has 1 heterocycles. The molecule has 5 nitrogen and oxygen atoms in total. The van der Waals surface area contributed by atoms with Crippen molar-refractivity contribution in [2.75, 3.05) is 0 Å². The normalized spacial score (nSPS) is 14.1. The van der Waals surface area contributed by atoms with Gasteiger partial charge in [-0.25, -0.2) is 0 Å². The summed E-state index contributed by atoms with van der Waals surface area (Å²) in [4.78, 5) is 12.1. The maximum Gasteiger partial charge on any atom is 0.233 e. The fourth-order valence-electron chi connectivity index (χ4n) is 1.14. The quantitative estimate of drug-likeness (QED) is 0.751. The van der Waals surface area contributed by atoms with Gasteiger partial charge in [0.25, 0.3) is 0 Å². The molecule has 0 radical (unpaired) electrons. The van der Waals surface area contributed by atoms with E-state index in [-0.39, 0.29) is 10.9 Å². The number of aromatic nitrogens is 1. The maximum absolute atomic E-state index is 11.9. The van der Waals surface area contributed by atoms with E-state index in [0.717, 1.165) is 0 Å². The number of hydrogen-bond donors (Lipinski definition) is 2. The van der Waals surface area contributed by atoms with Crippen LogP contribution in [0, 0.1) is 5.41 Å². The Hall–Kier alpha value is -1.43. The third-order valence-corrected chi connectivity index (χ3v) is 3.12. The second-order valence-electron chi connectivity index (χ2n) is 3.72. The molecule has 6 heteroatoms. The van der Waals surface area contributed by atoms with Gasteiger partial charge in [0.2, 0.25) is 5.91 Å². The zero-order chi connectivity index (χ0) is 12.2. The van der Waals surface area contributed by atoms with Gasteiger partial charge in [-0.15, -0.1) is 0 Å². The molecule has 16 heavy (non-hydrogen) atoms. The fourth-order valence-corrected chi connectivity index (χ4v) is 1.38. The van der Waals surface area contributed by atoms with Crippen molar-refractivity contribution in [2.45, 2.75) is 26.8 Å². The van der Waals surface area contributed by atoms with Crippen LogP contribution in [0.4, 0.5) is 0 Å². The molecule has 3 N–H and O–H groups in total. The lowest BCUT2D eigenvalue weighted by Crippen LogP contribution is -2.46. The third kappa shape index (κ3) is 2.57. The van der Waals surface area contributed by atoms with E-state index in [9.17, 15) is 4.79 Å². The minimum Gasteiger partial charge on any atom is -0.392 e. The average Bonchev–Trinajstić information content (AvgIpc) is 2.77. The Morgan fingerprint density at radius 2 is 2.44 bits per heavy atom. The molecule has 0 fully saturated rings. The van der Waals surface area contributed by atoms with Gasteiger partial charge >= 0.3 is 0 Å². The highest BCUT2D eigenvalue weighted by atomic mass is 32.1. The highest BCUT2D eigenvalue weighted by Gasteiger charge is 2.34. The van der Waals surface area contributed by atoms with Crippen molar-refractivity contribution in [3.05, 3.63) is 18.0 Å². The van der Waals surface area contributed by atoms with Crippen LogP contribution in [0.2, 0.25) is 0 Å². The number of rotatable bonds is 5. The molecule has 1 atom stereocenters. The molecule has 0 aromatic carbocycles. The van der Waals surface area contributed by atoms with E-state index < -0.39 is 5.41 Å². The Labute approximate surface area is 99.4 Å². The monoisotopic (exact) mass is 241 g/mol. The smallest absolute Gasteiger partial charge is 0.233 e. The van der Waals surface area contributed by atoms with Crippen molar-refractivity contribution in [1.82, 2.24) is 10.5 Å². The van der Waals surface area contributed by atoms with E-state index in [1.165, 1.54) is 6.26 Å². The first kappa shape index (κ1) is 12.6. The van der Waals surface area contributed by atoms with Crippen molar-refractivity contribution >= 4 is 23.1 Å². The van der Waals surface area contributed by atoms with Crippen molar-refractivity contribution < 1.29 is 9.32 Å². The Balaban J connectivity index is 2.60. The minimum absolute atomic E-state index is 0.189. The van der Waals surface area contributed by atoms with Gasteiger partial charge in [0.15, 0.2) is 0 Å². The van der Waals surface area contributed by atoms with Crippen molar-refractivity contribution in [1.29, 1.82) is 0 Å². The highest BCUT2D eigenvalue weighted by molar-refractivity contribution is 7.80. The van der Waals surface area contributed by atoms with E-state index in [0.29, 0.717) is 18.7 Å². The molecular formula is C10H15N3O2S. The van der Waals surface area contributed by atoms with Gasteiger partial charge in [0.05, 0.1) is 16.9 Å². The van der Waals surface area contributed by atoms with E-state index in [4.69, 9.17) is 18.0 Å². The third-order valence-electron chi connectivity index (χ3n) is 2.67. The summed E-state index contributed by atoms with van der Waals surface area (Å²) in [7, 11) is 0. The van der Waals surface area contributed by atoms with Crippen LogP contribution in [0.25, 0.3) is 0 Å². The number of nitrogens with two attached hydrogens (primary N) is 1. The second-order valence-corrected chi connectivity index (χ2v) is 4.16. The zero-order valence-corrected chi connectivity index (χ0v) is 10.1. The van der Waals surface area contributed by atoms with E-state index in [1.807, 2.05) is 6.92 Å². The number of hydrogen-bond acceptors (Lipinski definition) is 4. The van der Waals surface area contributed by atoms with Gasteiger partial charge in [-0.3, -0.25) is 4.79 Å². The Bertz CT molecular complexity index is 377. The van der Waals surface area contributed by atoms with Gasteiger partial charge in [0, 0.05) is 6.07 Å². The molecular weight excluding hydrogens is 226 g/mol. The number of carbonyl (C=O) groups is 1. The van der Waals surface area contributed by atoms with E-state index >= 15 is 0 Å². The SMILES string of the molecule is CCC(C)(C(=O)NCc1ccon1)C(N)=S. The molecule has 1 aromatic rings. The second kappa shape index (κ2) is 5.07. The summed E-state index contributed by atoms with van der Waals surface area (Å²) in [5.74, 6) is -0.189. The highest BCUT2D eigenvalue weighted by Crippen LogP contribution is 2.21. The fraction of sp³-hybridized carbons (Fsp3) is 0.500. The lowest BCUT2D eigenvalue weighted by atomic mass is 9.86. The number of amides is 1. The molecule has 0 saturated carbocycles. The van der Waals surface area contributed by atoms with E-state index in [1.54, 1.807) is 13.0 Å².